The number of amides is 1. The number of hydrogen-bond donors (Lipinski definition) is 1. The van der Waals surface area contributed by atoms with Crippen molar-refractivity contribution in [2.75, 3.05) is 50.6 Å². The van der Waals surface area contributed by atoms with Crippen LogP contribution in [0.25, 0.3) is 10.9 Å². The van der Waals surface area contributed by atoms with Gasteiger partial charge in [-0.05, 0) is 42.5 Å². The first-order chi connectivity index (χ1) is 18.7. The van der Waals surface area contributed by atoms with Crippen molar-refractivity contribution in [3.63, 3.8) is 0 Å². The van der Waals surface area contributed by atoms with E-state index < -0.39 is 11.7 Å². The van der Waals surface area contributed by atoms with E-state index >= 15 is 0 Å². The minimum atomic E-state index is -4.44. The summed E-state index contributed by atoms with van der Waals surface area (Å²) in [6.07, 6.45) is -2.98. The van der Waals surface area contributed by atoms with E-state index in [-0.39, 0.29) is 17.4 Å². The predicted octanol–water partition coefficient (Wildman–Crippen LogP) is 4.77. The van der Waals surface area contributed by atoms with E-state index in [1.54, 1.807) is 41.3 Å². The Morgan fingerprint density at radius 3 is 2.33 bits per heavy atom. The zero-order valence-electron chi connectivity index (χ0n) is 21.2. The molecule has 1 saturated heterocycles. The molecule has 2 aromatic carbocycles. The molecule has 4 aromatic rings. The summed E-state index contributed by atoms with van der Waals surface area (Å²) in [5.74, 6) is 0.974. The molecule has 1 N–H and O–H groups in total. The number of halogens is 3. The smallest absolute Gasteiger partial charge is 0.416 e. The molecule has 5 rings (SSSR count). The maximum Gasteiger partial charge on any atom is 0.416 e. The summed E-state index contributed by atoms with van der Waals surface area (Å²) in [4.78, 5) is 29.5. The van der Waals surface area contributed by atoms with Gasteiger partial charge in [0.25, 0.3) is 5.91 Å². The van der Waals surface area contributed by atoms with Crippen LogP contribution in [-0.4, -0.2) is 66.2 Å². The summed E-state index contributed by atoms with van der Waals surface area (Å²) < 4.78 is 49.6. The van der Waals surface area contributed by atoms with Crippen molar-refractivity contribution >= 4 is 34.0 Å². The van der Waals surface area contributed by atoms with Crippen molar-refractivity contribution < 1.29 is 27.4 Å². The summed E-state index contributed by atoms with van der Waals surface area (Å²) in [7, 11) is 3.01. The number of hydrogen-bond acceptors (Lipinski definition) is 8. The highest BCUT2D eigenvalue weighted by Gasteiger charge is 2.30. The maximum atomic E-state index is 13.1. The molecule has 1 fully saturated rings. The van der Waals surface area contributed by atoms with Gasteiger partial charge in [-0.1, -0.05) is 6.07 Å². The quantitative estimate of drug-likeness (QED) is 0.376. The molecule has 2 aromatic heterocycles. The third-order valence-corrected chi connectivity index (χ3v) is 6.43. The van der Waals surface area contributed by atoms with Crippen molar-refractivity contribution in [1.29, 1.82) is 0 Å². The summed E-state index contributed by atoms with van der Waals surface area (Å²) >= 11 is 0. The number of fused-ring (bicyclic) bond motifs is 1. The molecule has 1 aliphatic heterocycles. The highest BCUT2D eigenvalue weighted by molar-refractivity contribution is 5.96. The first-order valence-corrected chi connectivity index (χ1v) is 12.1. The number of carbonyl (C=O) groups is 1. The molecule has 0 spiro atoms. The number of alkyl halides is 3. The fourth-order valence-corrected chi connectivity index (χ4v) is 4.36. The van der Waals surface area contributed by atoms with E-state index in [1.807, 2.05) is 4.90 Å². The van der Waals surface area contributed by atoms with Crippen molar-refractivity contribution in [1.82, 2.24) is 19.9 Å². The molecule has 0 aliphatic carbocycles. The van der Waals surface area contributed by atoms with Gasteiger partial charge in [-0.25, -0.2) is 0 Å². The third kappa shape index (κ3) is 5.64. The van der Waals surface area contributed by atoms with Gasteiger partial charge in [0.1, 0.15) is 5.82 Å². The molecule has 12 heteroatoms. The van der Waals surface area contributed by atoms with Gasteiger partial charge in [0, 0.05) is 60.8 Å². The van der Waals surface area contributed by atoms with E-state index in [1.165, 1.54) is 26.5 Å². The normalized spacial score (nSPS) is 13.9. The van der Waals surface area contributed by atoms with E-state index in [2.05, 4.69) is 20.3 Å². The average Bonchev–Trinajstić information content (AvgIpc) is 2.96. The number of methoxy groups -OCH3 is 2. The number of nitrogens with one attached hydrogen (secondary N) is 1. The molecule has 3 heterocycles. The van der Waals surface area contributed by atoms with E-state index in [4.69, 9.17) is 9.47 Å². The van der Waals surface area contributed by atoms with E-state index in [0.29, 0.717) is 60.2 Å². The second kappa shape index (κ2) is 10.6. The number of nitrogens with zero attached hydrogens (tertiary/aromatic N) is 5. The Morgan fingerprint density at radius 2 is 1.67 bits per heavy atom. The summed E-state index contributed by atoms with van der Waals surface area (Å²) in [5.41, 5.74) is 1.32. The Morgan fingerprint density at radius 1 is 0.923 bits per heavy atom. The Kier molecular flexibility index (Phi) is 7.09. The summed E-state index contributed by atoms with van der Waals surface area (Å²) in [6.45, 7) is 2.19. The number of aromatic nitrogens is 3. The first kappa shape index (κ1) is 26.0. The summed E-state index contributed by atoms with van der Waals surface area (Å²) in [6, 6.07) is 14.1. The lowest BCUT2D eigenvalue weighted by Crippen LogP contribution is -2.49. The lowest BCUT2D eigenvalue weighted by Gasteiger charge is -2.35. The van der Waals surface area contributed by atoms with Gasteiger partial charge in [0.15, 0.2) is 0 Å². The molecule has 0 saturated carbocycles. The van der Waals surface area contributed by atoms with Crippen LogP contribution >= 0.6 is 0 Å². The molecule has 0 radical (unpaired) electrons. The van der Waals surface area contributed by atoms with Crippen LogP contribution in [0.1, 0.15) is 15.9 Å². The van der Waals surface area contributed by atoms with Gasteiger partial charge in [0.05, 0.1) is 25.3 Å². The molecule has 9 nitrogen and oxygen atoms in total. The molecule has 202 valence electrons. The monoisotopic (exact) mass is 538 g/mol. The van der Waals surface area contributed by atoms with Crippen molar-refractivity contribution in [3.05, 3.63) is 71.9 Å². The molecule has 0 bridgehead atoms. The van der Waals surface area contributed by atoms with Crippen LogP contribution < -0.4 is 19.7 Å². The van der Waals surface area contributed by atoms with Crippen molar-refractivity contribution in [3.8, 4) is 11.9 Å². The molecule has 1 amide bonds. The van der Waals surface area contributed by atoms with Crippen LogP contribution in [0.15, 0.2) is 60.8 Å². The molecule has 1 aliphatic rings. The zero-order valence-corrected chi connectivity index (χ0v) is 21.2. The van der Waals surface area contributed by atoms with Crippen molar-refractivity contribution in [2.45, 2.75) is 6.18 Å². The fraction of sp³-hybridized carbons (Fsp3) is 0.259. The number of benzene rings is 2. The molecule has 0 atom stereocenters. The maximum absolute atomic E-state index is 13.1. The lowest BCUT2D eigenvalue weighted by atomic mass is 10.1. The average molecular weight is 539 g/mol. The van der Waals surface area contributed by atoms with Gasteiger partial charge >= 0.3 is 12.2 Å². The number of rotatable bonds is 6. The Labute approximate surface area is 222 Å². The minimum absolute atomic E-state index is 0.0897. The van der Waals surface area contributed by atoms with Gasteiger partial charge in [0.2, 0.25) is 5.88 Å². The second-order valence-electron chi connectivity index (χ2n) is 8.83. The van der Waals surface area contributed by atoms with Gasteiger partial charge in [-0.3, -0.25) is 9.78 Å². The molecule has 0 unspecified atom stereocenters. The lowest BCUT2D eigenvalue weighted by molar-refractivity contribution is -0.137. The van der Waals surface area contributed by atoms with Crippen LogP contribution in [0.2, 0.25) is 0 Å². The fourth-order valence-electron chi connectivity index (χ4n) is 4.36. The summed E-state index contributed by atoms with van der Waals surface area (Å²) in [5, 5.41) is 3.77. The SMILES string of the molecule is COc1cc(N2CCN(C(=O)c3ccc(Nc4ccnc5cc(C(F)(F)F)ccc45)cc3)CC2)nc(OC)n1. The zero-order chi connectivity index (χ0) is 27.6. The largest absolute Gasteiger partial charge is 0.481 e. The molecule has 39 heavy (non-hydrogen) atoms. The van der Waals surface area contributed by atoms with Crippen LogP contribution in [0.5, 0.6) is 11.9 Å². The van der Waals surface area contributed by atoms with Gasteiger partial charge in [-0.2, -0.15) is 23.1 Å². The highest BCUT2D eigenvalue weighted by atomic mass is 19.4. The van der Waals surface area contributed by atoms with Gasteiger partial charge < -0.3 is 24.6 Å². The third-order valence-electron chi connectivity index (χ3n) is 6.43. The number of piperazine rings is 1. The molecular formula is C27H25F3N6O3. The number of ether oxygens (including phenoxy) is 2. The topological polar surface area (TPSA) is 92.7 Å². The van der Waals surface area contributed by atoms with Crippen LogP contribution in [0, 0.1) is 0 Å². The number of anilines is 3. The Hall–Kier alpha value is -4.61. The predicted molar refractivity (Wildman–Crippen MR) is 140 cm³/mol. The van der Waals surface area contributed by atoms with Crippen LogP contribution in [-0.2, 0) is 6.18 Å². The van der Waals surface area contributed by atoms with Crippen LogP contribution in [0.3, 0.4) is 0 Å². The highest BCUT2D eigenvalue weighted by Crippen LogP contribution is 2.33. The standard InChI is InChI=1S/C27H25F3N6O3/c1-38-24-16-23(33-26(34-24)39-2)35-11-13-36(14-12-35)25(37)17-3-6-19(7-4-17)32-21-9-10-31-22-15-18(27(28,29)30)5-8-20(21)22/h3-10,15-16H,11-14H2,1-2H3,(H,31,32). The van der Waals surface area contributed by atoms with Gasteiger partial charge in [-0.15, -0.1) is 0 Å². The first-order valence-electron chi connectivity index (χ1n) is 12.1. The number of pyridine rings is 1. The Balaban J connectivity index is 1.24. The number of carbonyl (C=O) groups excluding carboxylic acids is 1. The minimum Gasteiger partial charge on any atom is -0.481 e. The second-order valence-corrected chi connectivity index (χ2v) is 8.83. The molecular weight excluding hydrogens is 513 g/mol. The Bertz CT molecular complexity index is 1470. The van der Waals surface area contributed by atoms with Crippen molar-refractivity contribution in [2.24, 2.45) is 0 Å². The van der Waals surface area contributed by atoms with Crippen LogP contribution in [0.4, 0.5) is 30.4 Å². The van der Waals surface area contributed by atoms with E-state index in [9.17, 15) is 18.0 Å². The van der Waals surface area contributed by atoms with E-state index in [0.717, 1.165) is 12.1 Å².